The van der Waals surface area contributed by atoms with Gasteiger partial charge in [-0.3, -0.25) is 37.3 Å². The number of phosphoric ester groups is 2. The predicted molar refractivity (Wildman–Crippen MR) is 423 cm³/mol. The molecule has 0 aromatic rings. The maximum atomic E-state index is 13.1. The molecule has 0 bridgehead atoms. The topological polar surface area (TPSA) is 237 Å². The number of aliphatic hydroxyl groups excluding tert-OH is 1. The zero-order valence-corrected chi connectivity index (χ0v) is 69.4. The average molecular weight is 1510 g/mol. The number of esters is 4. The first-order valence-corrected chi connectivity index (χ1v) is 46.6. The number of phosphoric acid groups is 2. The smallest absolute Gasteiger partial charge is 0.462 e. The molecule has 612 valence electrons. The van der Waals surface area contributed by atoms with Gasteiger partial charge < -0.3 is 33.8 Å². The van der Waals surface area contributed by atoms with Crippen LogP contribution in [0.1, 0.15) is 446 Å². The number of carbonyl (C=O) groups excluding carboxylic acids is 4. The largest absolute Gasteiger partial charge is 0.472 e. The van der Waals surface area contributed by atoms with E-state index in [0.717, 1.165) is 102 Å². The van der Waals surface area contributed by atoms with Crippen LogP contribution in [0.2, 0.25) is 0 Å². The summed E-state index contributed by atoms with van der Waals surface area (Å²) in [7, 11) is -9.93. The molecule has 0 rings (SSSR count). The van der Waals surface area contributed by atoms with E-state index in [4.69, 9.17) is 37.0 Å². The van der Waals surface area contributed by atoms with Crippen LogP contribution in [0.15, 0.2) is 0 Å². The van der Waals surface area contributed by atoms with Crippen molar-refractivity contribution in [3.8, 4) is 0 Å². The van der Waals surface area contributed by atoms with Crippen molar-refractivity contribution in [3.05, 3.63) is 0 Å². The summed E-state index contributed by atoms with van der Waals surface area (Å²) in [5.41, 5.74) is 0. The molecule has 17 nitrogen and oxygen atoms in total. The summed E-state index contributed by atoms with van der Waals surface area (Å²) >= 11 is 0. The summed E-state index contributed by atoms with van der Waals surface area (Å²) in [6.45, 7) is 9.74. The van der Waals surface area contributed by atoms with Crippen molar-refractivity contribution in [2.24, 2.45) is 11.8 Å². The van der Waals surface area contributed by atoms with E-state index in [1.807, 2.05) is 0 Å². The number of hydrogen-bond acceptors (Lipinski definition) is 15. The molecule has 19 heteroatoms. The molecule has 0 aliphatic heterocycles. The molecule has 4 unspecified atom stereocenters. The quantitative estimate of drug-likeness (QED) is 0.0222. The second-order valence-electron chi connectivity index (χ2n) is 30.7. The van der Waals surface area contributed by atoms with Crippen LogP contribution >= 0.6 is 15.6 Å². The van der Waals surface area contributed by atoms with E-state index in [2.05, 4.69) is 41.5 Å². The van der Waals surface area contributed by atoms with Crippen LogP contribution in [-0.4, -0.2) is 96.7 Å². The SMILES string of the molecule is CCCCCCCCCCCCCCCCCCCCC(=O)OC[C@H](COP(=O)(O)OC[C@@H](O)COP(=O)(O)OC[C@@H](COC(=O)CCCCCCCCCCCCCCC)OC(=O)CCCCCCCCCCCCC(C)CC)OC(=O)CCCCCCCCCCCCCCCCC(C)CC. The highest BCUT2D eigenvalue weighted by Gasteiger charge is 2.30. The van der Waals surface area contributed by atoms with Gasteiger partial charge >= 0.3 is 39.5 Å². The molecule has 103 heavy (non-hydrogen) atoms. The molecule has 0 spiro atoms. The minimum Gasteiger partial charge on any atom is -0.462 e. The van der Waals surface area contributed by atoms with Crippen molar-refractivity contribution in [1.29, 1.82) is 0 Å². The minimum absolute atomic E-state index is 0.107. The average Bonchev–Trinajstić information content (AvgIpc) is 1.12. The normalized spacial score (nSPS) is 14.4. The molecule has 7 atom stereocenters. The van der Waals surface area contributed by atoms with Gasteiger partial charge in [0.15, 0.2) is 12.2 Å². The van der Waals surface area contributed by atoms with Crippen molar-refractivity contribution >= 4 is 39.5 Å². The molecule has 0 amide bonds. The van der Waals surface area contributed by atoms with Crippen LogP contribution in [0.25, 0.3) is 0 Å². The second kappa shape index (κ2) is 75.5. The lowest BCUT2D eigenvalue weighted by molar-refractivity contribution is -0.161. The van der Waals surface area contributed by atoms with Gasteiger partial charge in [-0.1, -0.05) is 395 Å². The van der Waals surface area contributed by atoms with E-state index >= 15 is 0 Å². The van der Waals surface area contributed by atoms with Crippen molar-refractivity contribution < 1.29 is 80.2 Å². The van der Waals surface area contributed by atoms with Crippen LogP contribution in [0.3, 0.4) is 0 Å². The summed E-state index contributed by atoms with van der Waals surface area (Å²) in [5, 5.41) is 10.7. The third-order valence-corrected chi connectivity index (χ3v) is 22.3. The number of aliphatic hydroxyl groups is 1. The first-order chi connectivity index (χ1) is 49.9. The third kappa shape index (κ3) is 75.3. The van der Waals surface area contributed by atoms with Crippen LogP contribution < -0.4 is 0 Å². The number of ether oxygens (including phenoxy) is 4. The van der Waals surface area contributed by atoms with Gasteiger partial charge in [-0.15, -0.1) is 0 Å². The van der Waals surface area contributed by atoms with E-state index in [9.17, 15) is 43.2 Å². The lowest BCUT2D eigenvalue weighted by Gasteiger charge is -2.21. The Morgan fingerprint density at radius 3 is 0.689 bits per heavy atom. The molecule has 0 heterocycles. The van der Waals surface area contributed by atoms with Crippen molar-refractivity contribution in [1.82, 2.24) is 0 Å². The van der Waals surface area contributed by atoms with E-state index in [1.165, 1.54) is 263 Å². The lowest BCUT2D eigenvalue weighted by atomic mass is 9.99. The fourth-order valence-electron chi connectivity index (χ4n) is 13.0. The first kappa shape index (κ1) is 101. The van der Waals surface area contributed by atoms with Gasteiger partial charge in [0.05, 0.1) is 26.4 Å². The summed E-state index contributed by atoms with van der Waals surface area (Å²) in [6, 6.07) is 0. The lowest BCUT2D eigenvalue weighted by Crippen LogP contribution is -2.30. The number of rotatable bonds is 83. The van der Waals surface area contributed by atoms with Crippen molar-refractivity contribution in [2.75, 3.05) is 39.6 Å². The first-order valence-electron chi connectivity index (χ1n) is 43.6. The molecule has 0 aliphatic carbocycles. The molecule has 3 N–H and O–H groups in total. The molecule has 0 aromatic carbocycles. The molecule has 0 saturated carbocycles. The van der Waals surface area contributed by atoms with Gasteiger partial charge in [0.1, 0.15) is 19.3 Å². The van der Waals surface area contributed by atoms with Crippen LogP contribution in [0.5, 0.6) is 0 Å². The van der Waals surface area contributed by atoms with Crippen LogP contribution in [0, 0.1) is 11.8 Å². The van der Waals surface area contributed by atoms with Crippen molar-refractivity contribution in [2.45, 2.75) is 464 Å². The third-order valence-electron chi connectivity index (χ3n) is 20.4. The predicted octanol–water partition coefficient (Wildman–Crippen LogP) is 25.5. The van der Waals surface area contributed by atoms with Gasteiger partial charge in [0.25, 0.3) is 0 Å². The summed E-state index contributed by atoms with van der Waals surface area (Å²) in [4.78, 5) is 73.2. The highest BCUT2D eigenvalue weighted by Crippen LogP contribution is 2.45. The molecule has 0 fully saturated rings. The van der Waals surface area contributed by atoms with Gasteiger partial charge in [0, 0.05) is 25.7 Å². The fourth-order valence-corrected chi connectivity index (χ4v) is 14.6. The Balaban J connectivity index is 5.27. The second-order valence-corrected chi connectivity index (χ2v) is 33.6. The zero-order valence-electron chi connectivity index (χ0n) is 67.6. The summed E-state index contributed by atoms with van der Waals surface area (Å²) < 4.78 is 68.9. The Labute approximate surface area is 632 Å². The Kier molecular flexibility index (Phi) is 74.1. The van der Waals surface area contributed by atoms with Gasteiger partial charge in [-0.2, -0.15) is 0 Å². The molecular weight excluding hydrogens is 1340 g/mol. The highest BCUT2D eigenvalue weighted by molar-refractivity contribution is 7.47. The molecular formula is C84H164O17P2. The Bertz CT molecular complexity index is 1980. The molecule has 0 aliphatic rings. The number of unbranched alkanes of at least 4 members (excludes halogenated alkanes) is 51. The van der Waals surface area contributed by atoms with E-state index in [1.54, 1.807) is 0 Å². The maximum Gasteiger partial charge on any atom is 0.472 e. The standard InChI is InChI=1S/C84H164O17P2/c1-7-11-13-15-17-19-21-23-24-25-26-27-32-36-43-49-55-61-67-82(87)95-72-79(100-83(88)68-62-56-50-44-37-33-29-28-31-34-40-46-52-58-64-76(5)9-3)74-98-102(90,91)96-70-78(85)71-97-103(92,93)99-75-80(73-94-81(86)66-60-54-48-42-35-30-22-20-18-16-14-12-8-2)101-84(89)69-63-57-51-45-39-38-41-47-53-59-65-77(6)10-4/h76-80,85H,7-75H2,1-6H3,(H,90,91)(H,92,93)/t76?,77?,78-,79-,80-/m1/s1. The van der Waals surface area contributed by atoms with E-state index in [-0.39, 0.29) is 25.7 Å². The maximum absolute atomic E-state index is 13.1. The molecule has 0 radical (unpaired) electrons. The Morgan fingerprint density at radius 1 is 0.272 bits per heavy atom. The zero-order chi connectivity index (χ0) is 75.6. The number of hydrogen-bond donors (Lipinski definition) is 3. The van der Waals surface area contributed by atoms with Crippen molar-refractivity contribution in [3.63, 3.8) is 0 Å². The molecule has 0 saturated heterocycles. The van der Waals surface area contributed by atoms with Gasteiger partial charge in [0.2, 0.25) is 0 Å². The van der Waals surface area contributed by atoms with Crippen LogP contribution in [0.4, 0.5) is 0 Å². The Morgan fingerprint density at radius 2 is 0.466 bits per heavy atom. The number of carbonyl (C=O) groups is 4. The summed E-state index contributed by atoms with van der Waals surface area (Å²) in [6.07, 6.45) is 66.3. The van der Waals surface area contributed by atoms with E-state index in [0.29, 0.717) is 25.7 Å². The van der Waals surface area contributed by atoms with E-state index < -0.39 is 97.5 Å². The van der Waals surface area contributed by atoms with Gasteiger partial charge in [-0.05, 0) is 37.5 Å². The minimum atomic E-state index is -4.96. The van der Waals surface area contributed by atoms with Gasteiger partial charge in [-0.25, -0.2) is 9.13 Å². The highest BCUT2D eigenvalue weighted by atomic mass is 31.2. The summed E-state index contributed by atoms with van der Waals surface area (Å²) in [5.74, 6) is -0.454. The van der Waals surface area contributed by atoms with Crippen LogP contribution in [-0.2, 0) is 65.4 Å². The Hall–Kier alpha value is -1.94. The molecule has 0 aromatic heterocycles. The monoisotopic (exact) mass is 1510 g/mol. The fraction of sp³-hybridized carbons (Fsp3) is 0.952.